The van der Waals surface area contributed by atoms with Gasteiger partial charge in [-0.25, -0.2) is 4.98 Å². The van der Waals surface area contributed by atoms with Crippen molar-refractivity contribution in [3.63, 3.8) is 0 Å². The van der Waals surface area contributed by atoms with Gasteiger partial charge in [0.2, 0.25) is 0 Å². The van der Waals surface area contributed by atoms with Crippen LogP contribution in [0, 0.1) is 0 Å². The molecule has 0 saturated carbocycles. The van der Waals surface area contributed by atoms with E-state index in [0.29, 0.717) is 0 Å². The van der Waals surface area contributed by atoms with Gasteiger partial charge in [-0.15, -0.1) is 0 Å². The van der Waals surface area contributed by atoms with Crippen molar-refractivity contribution in [1.82, 2.24) is 14.5 Å². The molecule has 1 unspecified atom stereocenters. The molecule has 5 heteroatoms. The molecule has 0 radical (unpaired) electrons. The highest BCUT2D eigenvalue weighted by Crippen LogP contribution is 2.09. The van der Waals surface area contributed by atoms with E-state index in [9.17, 15) is 0 Å². The number of imidazole rings is 1. The third-order valence-corrected chi connectivity index (χ3v) is 2.66. The number of aromatic nitrogens is 3. The van der Waals surface area contributed by atoms with Crippen molar-refractivity contribution < 1.29 is 5.11 Å². The zero-order chi connectivity index (χ0) is 12.1. The lowest BCUT2D eigenvalue weighted by atomic mass is 10.2. The van der Waals surface area contributed by atoms with Gasteiger partial charge in [-0.1, -0.05) is 6.07 Å². The van der Waals surface area contributed by atoms with Gasteiger partial charge in [0.05, 0.1) is 24.7 Å². The Labute approximate surface area is 99.9 Å². The van der Waals surface area contributed by atoms with Crippen LogP contribution in [0.3, 0.4) is 0 Å². The first-order chi connectivity index (χ1) is 8.31. The molecule has 17 heavy (non-hydrogen) atoms. The molecule has 0 saturated heterocycles. The summed E-state index contributed by atoms with van der Waals surface area (Å²) in [4.78, 5) is 8.31. The number of rotatable bonds is 5. The van der Waals surface area contributed by atoms with E-state index in [1.165, 1.54) is 0 Å². The smallest absolute Gasteiger partial charge is 0.0948 e. The van der Waals surface area contributed by atoms with E-state index < -0.39 is 0 Å². The monoisotopic (exact) mass is 232 g/mol. The lowest BCUT2D eigenvalue weighted by Gasteiger charge is -2.12. The summed E-state index contributed by atoms with van der Waals surface area (Å²) in [5.74, 6) is 0. The van der Waals surface area contributed by atoms with E-state index in [0.717, 1.165) is 24.4 Å². The van der Waals surface area contributed by atoms with E-state index in [2.05, 4.69) is 9.97 Å². The number of nitrogens with two attached hydrogens (primary N) is 1. The van der Waals surface area contributed by atoms with Gasteiger partial charge in [0, 0.05) is 31.1 Å². The van der Waals surface area contributed by atoms with Crippen LogP contribution in [0.5, 0.6) is 0 Å². The molecular formula is C12H16N4O. The van der Waals surface area contributed by atoms with Crippen molar-refractivity contribution in [2.45, 2.75) is 19.0 Å². The van der Waals surface area contributed by atoms with Crippen LogP contribution in [0.25, 0.3) is 0 Å². The maximum Gasteiger partial charge on any atom is 0.0948 e. The number of nitrogens with zero attached hydrogens (tertiary/aromatic N) is 3. The Balaban J connectivity index is 2.02. The Morgan fingerprint density at radius 2 is 2.29 bits per heavy atom. The van der Waals surface area contributed by atoms with Crippen LogP contribution in [0.15, 0.2) is 36.9 Å². The molecule has 0 aliphatic heterocycles. The molecule has 5 nitrogen and oxygen atoms in total. The maximum absolute atomic E-state index is 9.04. The molecule has 2 aromatic heterocycles. The molecule has 0 amide bonds. The summed E-state index contributed by atoms with van der Waals surface area (Å²) in [5, 5.41) is 9.04. The summed E-state index contributed by atoms with van der Waals surface area (Å²) in [5.41, 5.74) is 7.66. The zero-order valence-electron chi connectivity index (χ0n) is 9.53. The second kappa shape index (κ2) is 5.56. The predicted molar refractivity (Wildman–Crippen MR) is 64.2 cm³/mol. The van der Waals surface area contributed by atoms with E-state index in [1.807, 2.05) is 22.8 Å². The van der Waals surface area contributed by atoms with Gasteiger partial charge in [-0.2, -0.15) is 0 Å². The zero-order valence-corrected chi connectivity index (χ0v) is 9.53. The number of hydrogen-bond donors (Lipinski definition) is 2. The standard InChI is InChI=1S/C12H16N4O/c13-11(8-17)12-7-14-9-16(12)6-4-10-3-1-2-5-15-10/h1-3,5,7,9,11,17H,4,6,8,13H2. The average molecular weight is 232 g/mol. The van der Waals surface area contributed by atoms with Gasteiger partial charge in [-0.3, -0.25) is 4.98 Å². The van der Waals surface area contributed by atoms with Gasteiger partial charge >= 0.3 is 0 Å². The number of hydrogen-bond acceptors (Lipinski definition) is 4. The summed E-state index contributed by atoms with van der Waals surface area (Å²) in [6.07, 6.45) is 6.03. The fraction of sp³-hybridized carbons (Fsp3) is 0.333. The van der Waals surface area contributed by atoms with Gasteiger partial charge in [0.1, 0.15) is 0 Å². The number of aliphatic hydroxyl groups excluding tert-OH is 1. The van der Waals surface area contributed by atoms with E-state index >= 15 is 0 Å². The number of pyridine rings is 1. The number of aliphatic hydroxyl groups is 1. The molecule has 3 N–H and O–H groups in total. The minimum absolute atomic E-state index is 0.0741. The molecule has 0 aromatic carbocycles. The quantitative estimate of drug-likeness (QED) is 0.787. The first-order valence-corrected chi connectivity index (χ1v) is 5.57. The van der Waals surface area contributed by atoms with E-state index in [4.69, 9.17) is 10.8 Å². The third kappa shape index (κ3) is 2.89. The SMILES string of the molecule is NC(CO)c1cncn1CCc1ccccn1. The van der Waals surface area contributed by atoms with Gasteiger partial charge in [-0.05, 0) is 12.1 Å². The van der Waals surface area contributed by atoms with Gasteiger partial charge < -0.3 is 15.4 Å². The fourth-order valence-electron chi connectivity index (χ4n) is 1.70. The van der Waals surface area contributed by atoms with Crippen molar-refractivity contribution >= 4 is 0 Å². The average Bonchev–Trinajstić information content (AvgIpc) is 2.85. The summed E-state index contributed by atoms with van der Waals surface area (Å²) in [7, 11) is 0. The molecule has 0 fully saturated rings. The Kier molecular flexibility index (Phi) is 3.85. The van der Waals surface area contributed by atoms with Crippen LogP contribution in [-0.2, 0) is 13.0 Å². The molecule has 0 aliphatic rings. The lowest BCUT2D eigenvalue weighted by molar-refractivity contribution is 0.263. The molecule has 2 aromatic rings. The first kappa shape index (κ1) is 11.8. The highest BCUT2D eigenvalue weighted by atomic mass is 16.3. The van der Waals surface area contributed by atoms with Crippen LogP contribution in [0.1, 0.15) is 17.4 Å². The van der Waals surface area contributed by atoms with Gasteiger partial charge in [0.25, 0.3) is 0 Å². The maximum atomic E-state index is 9.04. The first-order valence-electron chi connectivity index (χ1n) is 5.57. The highest BCUT2D eigenvalue weighted by Gasteiger charge is 2.10. The summed E-state index contributed by atoms with van der Waals surface area (Å²) in [6, 6.07) is 5.48. The van der Waals surface area contributed by atoms with E-state index in [-0.39, 0.29) is 12.6 Å². The van der Waals surface area contributed by atoms with Crippen LogP contribution < -0.4 is 5.73 Å². The Bertz CT molecular complexity index is 455. The molecule has 2 rings (SSSR count). The van der Waals surface area contributed by atoms with Crippen LogP contribution >= 0.6 is 0 Å². The second-order valence-corrected chi connectivity index (χ2v) is 3.87. The summed E-state index contributed by atoms with van der Waals surface area (Å²) in [6.45, 7) is 0.690. The number of aryl methyl sites for hydroxylation is 2. The topological polar surface area (TPSA) is 77.0 Å². The van der Waals surface area contributed by atoms with Crippen LogP contribution in [0.2, 0.25) is 0 Å². The molecular weight excluding hydrogens is 216 g/mol. The van der Waals surface area contributed by atoms with Gasteiger partial charge in [0.15, 0.2) is 0 Å². The van der Waals surface area contributed by atoms with Crippen molar-refractivity contribution in [1.29, 1.82) is 0 Å². The highest BCUT2D eigenvalue weighted by molar-refractivity contribution is 5.07. The molecule has 0 bridgehead atoms. The minimum atomic E-state index is -0.374. The minimum Gasteiger partial charge on any atom is -0.394 e. The van der Waals surface area contributed by atoms with Crippen molar-refractivity contribution in [2.75, 3.05) is 6.61 Å². The van der Waals surface area contributed by atoms with Crippen LogP contribution in [0.4, 0.5) is 0 Å². The third-order valence-electron chi connectivity index (χ3n) is 2.66. The molecule has 1 atom stereocenters. The molecule has 0 aliphatic carbocycles. The van der Waals surface area contributed by atoms with Crippen molar-refractivity contribution in [2.24, 2.45) is 5.73 Å². The van der Waals surface area contributed by atoms with E-state index in [1.54, 1.807) is 18.7 Å². The Morgan fingerprint density at radius 1 is 1.41 bits per heavy atom. The normalized spacial score (nSPS) is 12.6. The fourth-order valence-corrected chi connectivity index (χ4v) is 1.70. The van der Waals surface area contributed by atoms with Crippen molar-refractivity contribution in [3.05, 3.63) is 48.3 Å². The predicted octanol–water partition coefficient (Wildman–Crippen LogP) is 0.513. The Morgan fingerprint density at radius 3 is 3.00 bits per heavy atom. The summed E-state index contributed by atoms with van der Waals surface area (Å²) >= 11 is 0. The second-order valence-electron chi connectivity index (χ2n) is 3.87. The lowest BCUT2D eigenvalue weighted by Crippen LogP contribution is -2.19. The Hall–Kier alpha value is -1.72. The largest absolute Gasteiger partial charge is 0.394 e. The molecule has 2 heterocycles. The summed E-state index contributed by atoms with van der Waals surface area (Å²) < 4.78 is 1.95. The van der Waals surface area contributed by atoms with Crippen molar-refractivity contribution in [3.8, 4) is 0 Å². The van der Waals surface area contributed by atoms with Crippen LogP contribution in [-0.4, -0.2) is 26.2 Å². The molecule has 0 spiro atoms. The molecule has 90 valence electrons.